The van der Waals surface area contributed by atoms with Crippen molar-refractivity contribution in [2.24, 2.45) is 11.1 Å². The van der Waals surface area contributed by atoms with Gasteiger partial charge in [0.1, 0.15) is 18.8 Å². The number of nitrogens with two attached hydrogens (primary N) is 1. The van der Waals surface area contributed by atoms with Crippen LogP contribution in [0.25, 0.3) is 0 Å². The summed E-state index contributed by atoms with van der Waals surface area (Å²) in [6, 6.07) is 0. The van der Waals surface area contributed by atoms with Gasteiger partial charge in [-0.15, -0.1) is 0 Å². The number of Topliss-reactive ketones (excluding diaryl/α,β-unsaturated/α-hetero) is 1. The number of primary amides is 1. The smallest absolute Gasteiger partial charge is 0.310 e. The van der Waals surface area contributed by atoms with Crippen molar-refractivity contribution in [2.45, 2.75) is 118 Å². The highest BCUT2D eigenvalue weighted by molar-refractivity contribution is 5.87. The summed E-state index contributed by atoms with van der Waals surface area (Å²) < 4.78 is 21.1. The van der Waals surface area contributed by atoms with Gasteiger partial charge in [-0.3, -0.25) is 28.8 Å². The molecule has 37 heavy (non-hydrogen) atoms. The van der Waals surface area contributed by atoms with Crippen molar-refractivity contribution in [2.75, 3.05) is 6.61 Å². The maximum absolute atomic E-state index is 12.9. The molecule has 11 heteroatoms. The lowest BCUT2D eigenvalue weighted by Gasteiger charge is -2.32. The first-order chi connectivity index (χ1) is 17.2. The average Bonchev–Trinajstić information content (AvgIpc) is 2.75. The normalized spacial score (nSPS) is 13.6. The van der Waals surface area contributed by atoms with Crippen LogP contribution in [0.1, 0.15) is 99.3 Å². The largest absolute Gasteiger partial charge is 0.465 e. The SMILES string of the molecule is CCCC(=O)O[C@H](C)CC(=O)OCC(C)(C)[C@@H](OC(=O)C[C@@H](C)OC(=O)CCC)C(=O)CCCC(N)=O. The van der Waals surface area contributed by atoms with Gasteiger partial charge in [0.15, 0.2) is 11.9 Å². The zero-order valence-electron chi connectivity index (χ0n) is 23.0. The maximum atomic E-state index is 12.9. The van der Waals surface area contributed by atoms with E-state index in [2.05, 4.69) is 0 Å². The minimum atomic E-state index is -1.29. The molecule has 0 aliphatic rings. The predicted octanol–water partition coefficient (Wildman–Crippen LogP) is 2.94. The third-order valence-electron chi connectivity index (χ3n) is 5.18. The van der Waals surface area contributed by atoms with E-state index < -0.39 is 59.3 Å². The molecule has 0 saturated heterocycles. The Morgan fingerprint density at radius 3 is 1.65 bits per heavy atom. The quantitative estimate of drug-likeness (QED) is 0.194. The molecule has 11 nitrogen and oxygen atoms in total. The van der Waals surface area contributed by atoms with Gasteiger partial charge in [-0.2, -0.15) is 0 Å². The topological polar surface area (TPSA) is 165 Å². The van der Waals surface area contributed by atoms with E-state index in [0.29, 0.717) is 12.8 Å². The second kappa shape index (κ2) is 17.5. The number of ether oxygens (including phenoxy) is 4. The molecule has 0 aromatic heterocycles. The summed E-state index contributed by atoms with van der Waals surface area (Å²) in [6.07, 6.45) is -1.41. The summed E-state index contributed by atoms with van der Waals surface area (Å²) in [5.74, 6) is -3.29. The van der Waals surface area contributed by atoms with Crippen molar-refractivity contribution in [3.63, 3.8) is 0 Å². The fraction of sp³-hybridized carbons (Fsp3) is 0.769. The Kier molecular flexibility index (Phi) is 16.1. The highest BCUT2D eigenvalue weighted by Crippen LogP contribution is 2.27. The first-order valence-electron chi connectivity index (χ1n) is 12.8. The molecule has 0 aromatic rings. The van der Waals surface area contributed by atoms with Crippen molar-refractivity contribution in [3.8, 4) is 0 Å². The van der Waals surface area contributed by atoms with Crippen LogP contribution in [0.5, 0.6) is 0 Å². The molecule has 0 unspecified atom stereocenters. The minimum absolute atomic E-state index is 0.0130. The number of carbonyl (C=O) groups is 6. The van der Waals surface area contributed by atoms with Gasteiger partial charge in [0.25, 0.3) is 0 Å². The monoisotopic (exact) mass is 529 g/mol. The number of hydrogen-bond donors (Lipinski definition) is 1. The van der Waals surface area contributed by atoms with Crippen LogP contribution < -0.4 is 5.73 Å². The Balaban J connectivity index is 5.23. The number of carbonyl (C=O) groups excluding carboxylic acids is 6. The Labute approximate surface area is 219 Å². The molecular weight excluding hydrogens is 486 g/mol. The van der Waals surface area contributed by atoms with Crippen molar-refractivity contribution < 1.29 is 47.7 Å². The van der Waals surface area contributed by atoms with Crippen LogP contribution in [-0.2, 0) is 47.7 Å². The van der Waals surface area contributed by atoms with Crippen LogP contribution >= 0.6 is 0 Å². The van der Waals surface area contributed by atoms with Gasteiger partial charge in [0.2, 0.25) is 5.91 Å². The standard InChI is InChI=1S/C26H43NO10/c1-7-10-21(30)35-17(3)14-23(32)34-16-26(5,6)25(19(28)12-9-13-20(27)29)37-24(33)15-18(4)36-22(31)11-8-2/h17-18,25H,7-16H2,1-6H3,(H2,27,29)/t17-,18-,25+/m1/s1. The van der Waals surface area contributed by atoms with E-state index in [0.717, 1.165) is 0 Å². The van der Waals surface area contributed by atoms with Crippen LogP contribution in [0.4, 0.5) is 0 Å². The third-order valence-corrected chi connectivity index (χ3v) is 5.18. The van der Waals surface area contributed by atoms with Crippen LogP contribution in [0.2, 0.25) is 0 Å². The molecule has 0 rings (SSSR count). The molecule has 1 amide bonds. The van der Waals surface area contributed by atoms with Crippen LogP contribution in [-0.4, -0.2) is 60.5 Å². The highest BCUT2D eigenvalue weighted by atomic mass is 16.6. The Morgan fingerprint density at radius 1 is 0.703 bits per heavy atom. The van der Waals surface area contributed by atoms with Gasteiger partial charge in [-0.1, -0.05) is 27.7 Å². The molecule has 0 heterocycles. The minimum Gasteiger partial charge on any atom is -0.465 e. The Morgan fingerprint density at radius 2 is 1.19 bits per heavy atom. The molecule has 0 aliphatic carbocycles. The van der Waals surface area contributed by atoms with Gasteiger partial charge < -0.3 is 24.7 Å². The van der Waals surface area contributed by atoms with E-state index in [-0.39, 0.29) is 51.6 Å². The summed E-state index contributed by atoms with van der Waals surface area (Å²) in [5.41, 5.74) is 4.01. The summed E-state index contributed by atoms with van der Waals surface area (Å²) in [6.45, 7) is 9.70. The lowest BCUT2D eigenvalue weighted by molar-refractivity contribution is -0.171. The fourth-order valence-corrected chi connectivity index (χ4v) is 3.34. The van der Waals surface area contributed by atoms with Crippen LogP contribution in [0.3, 0.4) is 0 Å². The zero-order chi connectivity index (χ0) is 28.6. The second-order valence-electron chi connectivity index (χ2n) is 9.81. The lowest BCUT2D eigenvalue weighted by Crippen LogP contribution is -2.44. The van der Waals surface area contributed by atoms with Crippen molar-refractivity contribution in [3.05, 3.63) is 0 Å². The van der Waals surface area contributed by atoms with Crippen LogP contribution in [0, 0.1) is 5.41 Å². The van der Waals surface area contributed by atoms with Gasteiger partial charge in [0.05, 0.1) is 12.8 Å². The van der Waals surface area contributed by atoms with Gasteiger partial charge in [-0.25, -0.2) is 0 Å². The number of esters is 4. The molecule has 212 valence electrons. The molecule has 2 N–H and O–H groups in total. The highest BCUT2D eigenvalue weighted by Gasteiger charge is 2.39. The van der Waals surface area contributed by atoms with Crippen molar-refractivity contribution >= 4 is 35.6 Å². The van der Waals surface area contributed by atoms with E-state index in [1.165, 1.54) is 0 Å². The van der Waals surface area contributed by atoms with Gasteiger partial charge in [0, 0.05) is 31.1 Å². The van der Waals surface area contributed by atoms with E-state index in [1.54, 1.807) is 27.7 Å². The Hall–Kier alpha value is -2.98. The molecule has 0 spiro atoms. The van der Waals surface area contributed by atoms with E-state index in [9.17, 15) is 28.8 Å². The third kappa shape index (κ3) is 15.7. The molecule has 0 fully saturated rings. The number of hydrogen-bond acceptors (Lipinski definition) is 10. The van der Waals surface area contributed by atoms with E-state index >= 15 is 0 Å². The lowest BCUT2D eigenvalue weighted by atomic mass is 9.83. The summed E-state index contributed by atoms with van der Waals surface area (Å²) in [5, 5.41) is 0. The number of amides is 1. The predicted molar refractivity (Wildman–Crippen MR) is 133 cm³/mol. The molecule has 0 radical (unpaired) electrons. The zero-order valence-corrected chi connectivity index (χ0v) is 23.0. The summed E-state index contributed by atoms with van der Waals surface area (Å²) >= 11 is 0. The summed E-state index contributed by atoms with van der Waals surface area (Å²) in [4.78, 5) is 72.1. The molecule has 0 bridgehead atoms. The Bertz CT molecular complexity index is 792. The first-order valence-corrected chi connectivity index (χ1v) is 12.8. The maximum Gasteiger partial charge on any atom is 0.310 e. The van der Waals surface area contributed by atoms with Crippen molar-refractivity contribution in [1.29, 1.82) is 0 Å². The first kappa shape index (κ1) is 34.0. The fourth-order valence-electron chi connectivity index (χ4n) is 3.34. The molecule has 0 saturated carbocycles. The summed E-state index contributed by atoms with van der Waals surface area (Å²) in [7, 11) is 0. The van der Waals surface area contributed by atoms with Gasteiger partial charge >= 0.3 is 23.9 Å². The number of rotatable bonds is 19. The molecular formula is C26H43NO10. The molecule has 3 atom stereocenters. The number of ketones is 1. The van der Waals surface area contributed by atoms with Crippen molar-refractivity contribution in [1.82, 2.24) is 0 Å². The molecule has 0 aliphatic heterocycles. The van der Waals surface area contributed by atoms with E-state index in [1.807, 2.05) is 13.8 Å². The van der Waals surface area contributed by atoms with E-state index in [4.69, 9.17) is 24.7 Å². The average molecular weight is 530 g/mol. The molecule has 0 aromatic carbocycles. The van der Waals surface area contributed by atoms with Crippen LogP contribution in [0.15, 0.2) is 0 Å². The second-order valence-corrected chi connectivity index (χ2v) is 9.81. The van der Waals surface area contributed by atoms with Gasteiger partial charge in [-0.05, 0) is 33.1 Å².